The van der Waals surface area contributed by atoms with Gasteiger partial charge in [0, 0.05) is 22.1 Å². The summed E-state index contributed by atoms with van der Waals surface area (Å²) in [5, 5.41) is 3.33. The summed E-state index contributed by atoms with van der Waals surface area (Å²) in [7, 11) is 0. The standard InChI is InChI=1S/C33H38N2O2/c1-21-11-10-13-24(17-21)34-35(25-15-16-25)30(29-20-22-12-8-9-14-28(22)37-29)23-18-26(32(2,3)4)31(36)27(19-23)33(5,6)7/h8-14,17-20,25,34H,15-16H2,1-7H3. The molecule has 2 aliphatic rings. The molecule has 5 rings (SSSR count). The van der Waals surface area contributed by atoms with E-state index in [-0.39, 0.29) is 16.6 Å². The average Bonchev–Trinajstić information content (AvgIpc) is 3.56. The second kappa shape index (κ2) is 9.09. The molecular formula is C33H38N2O2. The Labute approximate surface area is 220 Å². The Morgan fingerprint density at radius 3 is 2.11 bits per heavy atom. The summed E-state index contributed by atoms with van der Waals surface area (Å²) in [5.41, 5.74) is 9.85. The first-order valence-electron chi connectivity index (χ1n) is 13.3. The number of Topliss-reactive ketones (excluding diaryl/α,β-unsaturated/α-hetero) is 1. The number of fused-ring (bicyclic) bond motifs is 1. The van der Waals surface area contributed by atoms with Crippen LogP contribution >= 0.6 is 0 Å². The zero-order chi connectivity index (χ0) is 26.5. The smallest absolute Gasteiger partial charge is 0.186 e. The number of hydrogen-bond donors (Lipinski definition) is 1. The van der Waals surface area contributed by atoms with Crippen molar-refractivity contribution in [1.29, 1.82) is 0 Å². The fourth-order valence-corrected chi connectivity index (χ4v) is 4.89. The first kappa shape index (κ1) is 25.1. The van der Waals surface area contributed by atoms with E-state index < -0.39 is 0 Å². The third-order valence-electron chi connectivity index (χ3n) is 7.06. The van der Waals surface area contributed by atoms with Crippen molar-refractivity contribution >= 4 is 28.1 Å². The van der Waals surface area contributed by atoms with Gasteiger partial charge in [0.2, 0.25) is 0 Å². The Morgan fingerprint density at radius 1 is 0.892 bits per heavy atom. The number of hydrogen-bond acceptors (Lipinski definition) is 4. The van der Waals surface area contributed by atoms with Crippen molar-refractivity contribution in [3.8, 4) is 0 Å². The molecule has 2 aliphatic carbocycles. The number of aryl methyl sites for hydroxylation is 1. The van der Waals surface area contributed by atoms with E-state index in [0.29, 0.717) is 6.04 Å². The molecule has 1 saturated carbocycles. The van der Waals surface area contributed by atoms with Crippen LogP contribution in [0.15, 0.2) is 87.9 Å². The number of para-hydroxylation sites is 1. The van der Waals surface area contributed by atoms with Crippen molar-refractivity contribution in [2.75, 3.05) is 5.43 Å². The number of ketones is 1. The van der Waals surface area contributed by atoms with Crippen molar-refractivity contribution in [3.63, 3.8) is 0 Å². The predicted octanol–water partition coefficient (Wildman–Crippen LogP) is 8.47. The molecule has 0 amide bonds. The third-order valence-corrected chi connectivity index (χ3v) is 7.06. The van der Waals surface area contributed by atoms with Gasteiger partial charge in [0.15, 0.2) is 11.5 Å². The molecule has 0 bridgehead atoms. The Kier molecular flexibility index (Phi) is 6.18. The molecule has 1 aromatic heterocycles. The van der Waals surface area contributed by atoms with E-state index in [1.807, 2.05) is 18.2 Å². The first-order chi connectivity index (χ1) is 17.4. The predicted molar refractivity (Wildman–Crippen MR) is 153 cm³/mol. The van der Waals surface area contributed by atoms with Crippen LogP contribution in [0.4, 0.5) is 5.69 Å². The van der Waals surface area contributed by atoms with Crippen molar-refractivity contribution in [3.05, 3.63) is 94.8 Å². The lowest BCUT2D eigenvalue weighted by molar-refractivity contribution is -0.114. The van der Waals surface area contributed by atoms with Crippen LogP contribution in [0.1, 0.15) is 65.7 Å². The summed E-state index contributed by atoms with van der Waals surface area (Å²) < 4.78 is 6.49. The molecule has 0 atom stereocenters. The van der Waals surface area contributed by atoms with E-state index >= 15 is 0 Å². The fraction of sp³-hybridized carbons (Fsp3) is 0.364. The van der Waals surface area contributed by atoms with Crippen LogP contribution in [0.25, 0.3) is 16.7 Å². The van der Waals surface area contributed by atoms with Gasteiger partial charge in [-0.1, -0.05) is 71.9 Å². The summed E-state index contributed by atoms with van der Waals surface area (Å²) in [4.78, 5) is 13.7. The molecule has 0 spiro atoms. The highest BCUT2D eigenvalue weighted by Crippen LogP contribution is 2.44. The van der Waals surface area contributed by atoms with Crippen LogP contribution in [-0.2, 0) is 4.79 Å². The second-order valence-electron chi connectivity index (χ2n) is 12.5. The zero-order valence-corrected chi connectivity index (χ0v) is 23.1. The maximum absolute atomic E-state index is 13.7. The maximum Gasteiger partial charge on any atom is 0.186 e. The molecule has 3 aromatic rings. The Hall–Kier alpha value is -3.53. The van der Waals surface area contributed by atoms with E-state index in [4.69, 9.17) is 4.42 Å². The van der Waals surface area contributed by atoms with E-state index in [1.165, 1.54) is 5.56 Å². The van der Waals surface area contributed by atoms with Crippen molar-refractivity contribution in [2.45, 2.75) is 67.3 Å². The highest BCUT2D eigenvalue weighted by Gasteiger charge is 2.38. The topological polar surface area (TPSA) is 45.5 Å². The number of carbonyl (C=O) groups is 1. The molecule has 37 heavy (non-hydrogen) atoms. The van der Waals surface area contributed by atoms with Gasteiger partial charge in [0.05, 0.1) is 11.7 Å². The summed E-state index contributed by atoms with van der Waals surface area (Å²) in [5.74, 6) is 0.934. The lowest BCUT2D eigenvalue weighted by atomic mass is 9.71. The summed E-state index contributed by atoms with van der Waals surface area (Å²) in [6.45, 7) is 14.8. The number of allylic oxidation sites excluding steroid dienone is 5. The zero-order valence-electron chi connectivity index (χ0n) is 23.1. The largest absolute Gasteiger partial charge is 0.454 e. The molecule has 0 unspecified atom stereocenters. The molecular weight excluding hydrogens is 456 g/mol. The maximum atomic E-state index is 13.7. The normalized spacial score (nSPS) is 16.5. The van der Waals surface area contributed by atoms with Gasteiger partial charge < -0.3 is 4.42 Å². The van der Waals surface area contributed by atoms with Gasteiger partial charge in [0.1, 0.15) is 11.3 Å². The minimum absolute atomic E-state index is 0.136. The number of anilines is 1. The van der Waals surface area contributed by atoms with Gasteiger partial charge in [-0.3, -0.25) is 15.2 Å². The van der Waals surface area contributed by atoms with E-state index in [0.717, 1.165) is 57.7 Å². The second-order valence-corrected chi connectivity index (χ2v) is 12.5. The molecule has 1 heterocycles. The molecule has 0 saturated heterocycles. The molecule has 1 N–H and O–H groups in total. The van der Waals surface area contributed by atoms with Crippen LogP contribution in [-0.4, -0.2) is 16.8 Å². The number of nitrogens with zero attached hydrogens (tertiary/aromatic N) is 1. The molecule has 0 radical (unpaired) electrons. The van der Waals surface area contributed by atoms with Crippen LogP contribution in [0.5, 0.6) is 0 Å². The highest BCUT2D eigenvalue weighted by atomic mass is 16.3. The Bertz CT molecular complexity index is 1380. The lowest BCUT2D eigenvalue weighted by Crippen LogP contribution is -2.33. The average molecular weight is 495 g/mol. The molecule has 192 valence electrons. The van der Waals surface area contributed by atoms with Crippen molar-refractivity contribution < 1.29 is 9.21 Å². The quantitative estimate of drug-likeness (QED) is 0.361. The van der Waals surface area contributed by atoms with E-state index in [2.05, 4.69) is 107 Å². The first-order valence-corrected chi connectivity index (χ1v) is 13.3. The lowest BCUT2D eigenvalue weighted by Gasteiger charge is -2.34. The van der Waals surface area contributed by atoms with Gasteiger partial charge >= 0.3 is 0 Å². The number of nitrogens with one attached hydrogen (secondary N) is 1. The summed E-state index contributed by atoms with van der Waals surface area (Å²) >= 11 is 0. The van der Waals surface area contributed by atoms with Crippen LogP contribution in [0.3, 0.4) is 0 Å². The number of benzene rings is 2. The van der Waals surface area contributed by atoms with Crippen LogP contribution < -0.4 is 5.43 Å². The highest BCUT2D eigenvalue weighted by molar-refractivity contribution is 6.12. The molecule has 4 nitrogen and oxygen atoms in total. The van der Waals surface area contributed by atoms with Crippen LogP contribution in [0, 0.1) is 17.8 Å². The van der Waals surface area contributed by atoms with Crippen molar-refractivity contribution in [1.82, 2.24) is 5.01 Å². The van der Waals surface area contributed by atoms with Gasteiger partial charge in [-0.2, -0.15) is 0 Å². The van der Waals surface area contributed by atoms with Gasteiger partial charge in [-0.05, 0) is 72.6 Å². The van der Waals surface area contributed by atoms with Gasteiger partial charge in [-0.25, -0.2) is 0 Å². The Morgan fingerprint density at radius 2 is 1.54 bits per heavy atom. The monoisotopic (exact) mass is 494 g/mol. The third kappa shape index (κ3) is 5.16. The number of hydrazine groups is 1. The number of rotatable bonds is 5. The van der Waals surface area contributed by atoms with Gasteiger partial charge in [0.25, 0.3) is 0 Å². The number of furan rings is 1. The minimum atomic E-state index is -0.291. The number of carbonyl (C=O) groups excluding carboxylic acids is 1. The summed E-state index contributed by atoms with van der Waals surface area (Å²) in [6.07, 6.45) is 6.38. The molecule has 1 fully saturated rings. The minimum Gasteiger partial charge on any atom is -0.454 e. The summed E-state index contributed by atoms with van der Waals surface area (Å²) in [6, 6.07) is 19.0. The van der Waals surface area contributed by atoms with E-state index in [1.54, 1.807) is 0 Å². The SMILES string of the molecule is Cc1cccc(NN(C(=C2C=C(C(C)(C)C)C(=O)C(C(C)(C)C)=C2)c2cc3ccccc3o2)C2CC2)c1. The van der Waals surface area contributed by atoms with Crippen molar-refractivity contribution in [2.24, 2.45) is 10.8 Å². The van der Waals surface area contributed by atoms with Gasteiger partial charge in [-0.15, -0.1) is 0 Å². The molecule has 2 aromatic carbocycles. The van der Waals surface area contributed by atoms with E-state index in [9.17, 15) is 4.79 Å². The van der Waals surface area contributed by atoms with Crippen LogP contribution in [0.2, 0.25) is 0 Å². The fourth-order valence-electron chi connectivity index (χ4n) is 4.89. The Balaban J connectivity index is 1.78. The molecule has 4 heteroatoms. The molecule has 0 aliphatic heterocycles.